The number of nitrogens with zero attached hydrogens (tertiary/aromatic N) is 2. The molecule has 2 aromatic carbocycles. The highest BCUT2D eigenvalue weighted by molar-refractivity contribution is 5.34. The lowest BCUT2D eigenvalue weighted by Gasteiger charge is -2.54. The number of likely N-dealkylation sites (N-methyl/N-ethyl adjacent to an activating group) is 1. The van der Waals surface area contributed by atoms with Gasteiger partial charge in [0, 0.05) is 31.7 Å². The minimum Gasteiger partial charge on any atom is -0.508 e. The van der Waals surface area contributed by atoms with Gasteiger partial charge < -0.3 is 5.11 Å². The molecular formula is C23H30N2O. The van der Waals surface area contributed by atoms with Crippen LogP contribution in [0.15, 0.2) is 54.6 Å². The number of piperazine rings is 1. The molecule has 2 aliphatic heterocycles. The molecule has 0 amide bonds. The Labute approximate surface area is 157 Å². The average molecular weight is 351 g/mol. The zero-order valence-electron chi connectivity index (χ0n) is 16.1. The molecule has 0 aromatic heterocycles. The van der Waals surface area contributed by atoms with E-state index in [1.54, 1.807) is 6.07 Å². The summed E-state index contributed by atoms with van der Waals surface area (Å²) < 4.78 is 0. The predicted molar refractivity (Wildman–Crippen MR) is 106 cm³/mol. The van der Waals surface area contributed by atoms with Gasteiger partial charge in [-0.1, -0.05) is 56.3 Å². The molecule has 138 valence electrons. The van der Waals surface area contributed by atoms with Crippen molar-refractivity contribution >= 4 is 0 Å². The van der Waals surface area contributed by atoms with Gasteiger partial charge in [-0.3, -0.25) is 9.80 Å². The number of aromatic hydroxyl groups is 1. The molecule has 2 aliphatic rings. The number of benzene rings is 2. The van der Waals surface area contributed by atoms with Crippen molar-refractivity contribution in [3.63, 3.8) is 0 Å². The highest BCUT2D eigenvalue weighted by Gasteiger charge is 2.45. The fraction of sp³-hybridized carbons (Fsp3) is 0.478. The summed E-state index contributed by atoms with van der Waals surface area (Å²) in [6.07, 6.45) is 1.14. The summed E-state index contributed by atoms with van der Waals surface area (Å²) in [5, 5.41) is 9.96. The zero-order valence-corrected chi connectivity index (χ0v) is 16.1. The van der Waals surface area contributed by atoms with Gasteiger partial charge in [-0.25, -0.2) is 0 Å². The fourth-order valence-electron chi connectivity index (χ4n) is 5.05. The van der Waals surface area contributed by atoms with Crippen LogP contribution >= 0.6 is 0 Å². The van der Waals surface area contributed by atoms with Crippen molar-refractivity contribution in [2.45, 2.75) is 37.8 Å². The molecule has 0 bridgehead atoms. The van der Waals surface area contributed by atoms with Gasteiger partial charge in [0.15, 0.2) is 0 Å². The number of phenols is 1. The Kier molecular flexibility index (Phi) is 4.54. The van der Waals surface area contributed by atoms with Gasteiger partial charge in [0.05, 0.1) is 0 Å². The quantitative estimate of drug-likeness (QED) is 0.885. The van der Waals surface area contributed by atoms with E-state index in [-0.39, 0.29) is 5.41 Å². The third kappa shape index (κ3) is 3.04. The molecule has 1 N–H and O–H groups in total. The lowest BCUT2D eigenvalue weighted by molar-refractivity contribution is -0.0225. The van der Waals surface area contributed by atoms with E-state index in [2.05, 4.69) is 67.1 Å². The maximum Gasteiger partial charge on any atom is 0.115 e. The van der Waals surface area contributed by atoms with Gasteiger partial charge in [-0.05, 0) is 48.1 Å². The van der Waals surface area contributed by atoms with E-state index in [1.165, 1.54) is 11.1 Å². The van der Waals surface area contributed by atoms with Crippen LogP contribution in [0.4, 0.5) is 0 Å². The second-order valence-corrected chi connectivity index (χ2v) is 8.55. The van der Waals surface area contributed by atoms with Gasteiger partial charge in [0.1, 0.15) is 5.75 Å². The number of hydrogen-bond donors (Lipinski definition) is 1. The molecule has 0 aliphatic carbocycles. The monoisotopic (exact) mass is 350 g/mol. The Bertz CT molecular complexity index is 762. The number of rotatable bonds is 2. The van der Waals surface area contributed by atoms with Crippen molar-refractivity contribution in [2.75, 3.05) is 26.7 Å². The Hall–Kier alpha value is -1.84. The molecule has 0 saturated carbocycles. The van der Waals surface area contributed by atoms with E-state index in [0.717, 1.165) is 26.1 Å². The van der Waals surface area contributed by atoms with Crippen molar-refractivity contribution in [1.82, 2.24) is 9.80 Å². The molecule has 4 rings (SSSR count). The minimum atomic E-state index is 0.111. The molecule has 3 heteroatoms. The van der Waals surface area contributed by atoms with Crippen LogP contribution in [0.2, 0.25) is 0 Å². The van der Waals surface area contributed by atoms with Crippen molar-refractivity contribution in [3.05, 3.63) is 65.7 Å². The van der Waals surface area contributed by atoms with E-state index >= 15 is 0 Å². The van der Waals surface area contributed by atoms with Crippen molar-refractivity contribution < 1.29 is 5.11 Å². The molecular weight excluding hydrogens is 320 g/mol. The van der Waals surface area contributed by atoms with Crippen LogP contribution in [0.1, 0.15) is 37.4 Å². The van der Waals surface area contributed by atoms with E-state index < -0.39 is 0 Å². The van der Waals surface area contributed by atoms with Crippen LogP contribution < -0.4 is 0 Å². The summed E-state index contributed by atoms with van der Waals surface area (Å²) >= 11 is 0. The largest absolute Gasteiger partial charge is 0.508 e. The summed E-state index contributed by atoms with van der Waals surface area (Å²) in [6.45, 7) is 8.07. The Balaban J connectivity index is 1.57. The maximum absolute atomic E-state index is 9.96. The SMILES string of the molecule is C[C@H]1CN2CC(c3ccccc3)N(C)CC2C[C@@]1(C)c1cccc(O)c1. The van der Waals surface area contributed by atoms with Crippen LogP contribution in [0.25, 0.3) is 0 Å². The van der Waals surface area contributed by atoms with E-state index in [9.17, 15) is 5.11 Å². The van der Waals surface area contributed by atoms with Gasteiger partial charge in [-0.15, -0.1) is 0 Å². The molecule has 3 nitrogen and oxygen atoms in total. The van der Waals surface area contributed by atoms with Crippen LogP contribution in [-0.4, -0.2) is 47.6 Å². The summed E-state index contributed by atoms with van der Waals surface area (Å²) in [5.74, 6) is 0.934. The van der Waals surface area contributed by atoms with Crippen LogP contribution in [0.5, 0.6) is 5.75 Å². The minimum absolute atomic E-state index is 0.111. The number of phenolic OH excluding ortho intramolecular Hbond substituents is 1. The molecule has 26 heavy (non-hydrogen) atoms. The molecule has 2 unspecified atom stereocenters. The fourth-order valence-corrected chi connectivity index (χ4v) is 5.05. The zero-order chi connectivity index (χ0) is 18.3. The van der Waals surface area contributed by atoms with Crippen molar-refractivity contribution in [2.24, 2.45) is 5.92 Å². The second-order valence-electron chi connectivity index (χ2n) is 8.55. The van der Waals surface area contributed by atoms with E-state index in [4.69, 9.17) is 0 Å². The second kappa shape index (κ2) is 6.71. The molecule has 0 spiro atoms. The van der Waals surface area contributed by atoms with Gasteiger partial charge >= 0.3 is 0 Å². The lowest BCUT2D eigenvalue weighted by Crippen LogP contribution is -2.61. The Morgan fingerprint density at radius 2 is 1.77 bits per heavy atom. The molecule has 2 heterocycles. The molecule has 0 radical (unpaired) electrons. The third-order valence-corrected chi connectivity index (χ3v) is 6.90. The van der Waals surface area contributed by atoms with Crippen LogP contribution in [0.3, 0.4) is 0 Å². The van der Waals surface area contributed by atoms with Gasteiger partial charge in [-0.2, -0.15) is 0 Å². The molecule has 2 aromatic rings. The van der Waals surface area contributed by atoms with E-state index in [1.807, 2.05) is 12.1 Å². The van der Waals surface area contributed by atoms with Crippen molar-refractivity contribution in [3.8, 4) is 5.75 Å². The van der Waals surface area contributed by atoms with Gasteiger partial charge in [0.2, 0.25) is 0 Å². The third-order valence-electron chi connectivity index (χ3n) is 6.90. The number of hydrogen-bond acceptors (Lipinski definition) is 3. The molecule has 2 fully saturated rings. The van der Waals surface area contributed by atoms with Crippen LogP contribution in [0, 0.1) is 5.92 Å². The molecule has 2 saturated heterocycles. The average Bonchev–Trinajstić information content (AvgIpc) is 2.63. The lowest BCUT2D eigenvalue weighted by atomic mass is 9.65. The maximum atomic E-state index is 9.96. The summed E-state index contributed by atoms with van der Waals surface area (Å²) in [7, 11) is 2.26. The first kappa shape index (κ1) is 17.6. The first-order valence-corrected chi connectivity index (χ1v) is 9.76. The standard InChI is InChI=1S/C23H30N2O/c1-17-14-25-16-22(18-8-5-4-6-9-18)24(3)15-20(25)13-23(17,2)19-10-7-11-21(26)12-19/h4-12,17,20,22,26H,13-16H2,1-3H3/t17-,20?,22?,23+/m0/s1. The molecule has 4 atom stereocenters. The Morgan fingerprint density at radius 1 is 1.00 bits per heavy atom. The highest BCUT2D eigenvalue weighted by Crippen LogP contribution is 2.44. The van der Waals surface area contributed by atoms with E-state index in [0.29, 0.717) is 23.8 Å². The number of piperidine rings is 1. The predicted octanol–water partition coefficient (Wildman–Crippen LogP) is 4.05. The topological polar surface area (TPSA) is 26.7 Å². The normalized spacial score (nSPS) is 33.0. The summed E-state index contributed by atoms with van der Waals surface area (Å²) in [4.78, 5) is 5.22. The highest BCUT2D eigenvalue weighted by atomic mass is 16.3. The first-order valence-electron chi connectivity index (χ1n) is 9.76. The Morgan fingerprint density at radius 3 is 2.50 bits per heavy atom. The summed E-state index contributed by atoms with van der Waals surface area (Å²) in [5.41, 5.74) is 2.81. The summed E-state index contributed by atoms with van der Waals surface area (Å²) in [6, 6.07) is 19.8. The smallest absolute Gasteiger partial charge is 0.115 e. The number of fused-ring (bicyclic) bond motifs is 1. The van der Waals surface area contributed by atoms with Gasteiger partial charge in [0.25, 0.3) is 0 Å². The van der Waals surface area contributed by atoms with Crippen molar-refractivity contribution in [1.29, 1.82) is 0 Å². The van der Waals surface area contributed by atoms with Crippen LogP contribution in [-0.2, 0) is 5.41 Å². The first-order chi connectivity index (χ1) is 12.5.